The molecular formula is C20H24N4O4. The van der Waals surface area contributed by atoms with Crippen LogP contribution in [0.25, 0.3) is 11.3 Å². The Morgan fingerprint density at radius 2 is 1.86 bits per heavy atom. The average molecular weight is 384 g/mol. The topological polar surface area (TPSA) is 98.8 Å². The molecule has 3 heterocycles. The second-order valence-corrected chi connectivity index (χ2v) is 7.24. The van der Waals surface area contributed by atoms with E-state index in [0.717, 1.165) is 18.4 Å². The van der Waals surface area contributed by atoms with Crippen molar-refractivity contribution >= 4 is 11.8 Å². The molecule has 1 atom stereocenters. The Labute approximate surface area is 163 Å². The molecule has 4 rings (SSSR count). The number of ether oxygens (including phenoxy) is 1. The molecule has 148 valence electrons. The molecule has 1 aromatic heterocycles. The molecule has 1 aromatic carbocycles. The first kappa shape index (κ1) is 18.5. The summed E-state index contributed by atoms with van der Waals surface area (Å²) >= 11 is 0. The molecule has 0 saturated carbocycles. The Bertz CT molecular complexity index is 842. The van der Waals surface area contributed by atoms with Gasteiger partial charge in [-0.05, 0) is 43.2 Å². The number of nitrogens with one attached hydrogen (secondary N) is 1. The number of piperidine rings is 1. The number of carbonyl (C=O) groups is 2. The molecule has 0 unspecified atom stereocenters. The van der Waals surface area contributed by atoms with E-state index >= 15 is 0 Å². The highest BCUT2D eigenvalue weighted by molar-refractivity contribution is 5.94. The van der Waals surface area contributed by atoms with Gasteiger partial charge in [-0.15, -0.1) is 0 Å². The van der Waals surface area contributed by atoms with Crippen molar-refractivity contribution in [2.45, 2.75) is 12.8 Å². The number of hydrogen-bond donors (Lipinski definition) is 2. The summed E-state index contributed by atoms with van der Waals surface area (Å²) in [4.78, 5) is 29.3. The summed E-state index contributed by atoms with van der Waals surface area (Å²) in [6.45, 7) is 3.48. The van der Waals surface area contributed by atoms with Crippen LogP contribution in [0.2, 0.25) is 0 Å². The zero-order chi connectivity index (χ0) is 19.5. The Balaban J connectivity index is 1.43. The summed E-state index contributed by atoms with van der Waals surface area (Å²) < 4.78 is 5.32. The van der Waals surface area contributed by atoms with Crippen LogP contribution in [0.4, 0.5) is 0 Å². The number of nitrogens with zero attached hydrogens (tertiary/aromatic N) is 3. The number of morpholine rings is 1. The highest BCUT2D eigenvalue weighted by atomic mass is 16.5. The van der Waals surface area contributed by atoms with E-state index in [1.54, 1.807) is 35.2 Å². The molecule has 2 fully saturated rings. The fourth-order valence-electron chi connectivity index (χ4n) is 3.79. The first-order valence-electron chi connectivity index (χ1n) is 9.62. The van der Waals surface area contributed by atoms with Crippen molar-refractivity contribution in [3.8, 4) is 17.0 Å². The van der Waals surface area contributed by atoms with Crippen LogP contribution >= 0.6 is 0 Å². The van der Waals surface area contributed by atoms with Gasteiger partial charge in [-0.25, -0.2) is 0 Å². The lowest BCUT2D eigenvalue weighted by molar-refractivity contribution is -0.141. The summed E-state index contributed by atoms with van der Waals surface area (Å²) in [5.41, 5.74) is 1.86. The molecule has 0 aliphatic carbocycles. The third-order valence-corrected chi connectivity index (χ3v) is 5.35. The van der Waals surface area contributed by atoms with Gasteiger partial charge in [-0.2, -0.15) is 5.10 Å². The lowest BCUT2D eigenvalue weighted by Crippen LogP contribution is -2.49. The largest absolute Gasteiger partial charge is 0.508 e. The number of hydrogen-bond acceptors (Lipinski definition) is 5. The van der Waals surface area contributed by atoms with Crippen LogP contribution in [0.15, 0.2) is 30.3 Å². The number of aromatic amines is 1. The smallest absolute Gasteiger partial charge is 0.271 e. The fraction of sp³-hybridized carbons (Fsp3) is 0.450. The van der Waals surface area contributed by atoms with Gasteiger partial charge in [0.2, 0.25) is 5.91 Å². The third-order valence-electron chi connectivity index (χ3n) is 5.35. The Hall–Kier alpha value is -2.87. The number of likely N-dealkylation sites (tertiary alicyclic amines) is 1. The van der Waals surface area contributed by atoms with Crippen molar-refractivity contribution in [1.29, 1.82) is 0 Å². The second-order valence-electron chi connectivity index (χ2n) is 7.24. The van der Waals surface area contributed by atoms with Gasteiger partial charge in [0.1, 0.15) is 11.4 Å². The Morgan fingerprint density at radius 1 is 1.11 bits per heavy atom. The van der Waals surface area contributed by atoms with E-state index in [2.05, 4.69) is 10.2 Å². The first-order chi connectivity index (χ1) is 13.6. The predicted octanol–water partition coefficient (Wildman–Crippen LogP) is 1.49. The van der Waals surface area contributed by atoms with Crippen LogP contribution in [0, 0.1) is 5.92 Å². The summed E-state index contributed by atoms with van der Waals surface area (Å²) in [6.07, 6.45) is 1.62. The van der Waals surface area contributed by atoms with Gasteiger partial charge in [0.05, 0.1) is 24.8 Å². The fourth-order valence-corrected chi connectivity index (χ4v) is 3.79. The van der Waals surface area contributed by atoms with Crippen molar-refractivity contribution in [3.63, 3.8) is 0 Å². The minimum Gasteiger partial charge on any atom is -0.508 e. The van der Waals surface area contributed by atoms with E-state index in [1.807, 2.05) is 4.90 Å². The van der Waals surface area contributed by atoms with E-state index in [9.17, 15) is 14.7 Å². The molecule has 0 radical (unpaired) electrons. The molecule has 28 heavy (non-hydrogen) atoms. The van der Waals surface area contributed by atoms with Crippen LogP contribution in [-0.4, -0.2) is 76.3 Å². The van der Waals surface area contributed by atoms with Crippen molar-refractivity contribution in [1.82, 2.24) is 20.0 Å². The third kappa shape index (κ3) is 3.87. The SMILES string of the molecule is O=C(c1cc(-c2ccc(O)cc2)n[nH]1)N1CCC[C@@H](C(=O)N2CCOCC2)C1. The monoisotopic (exact) mass is 384 g/mol. The Kier molecular flexibility index (Phi) is 5.29. The van der Waals surface area contributed by atoms with Crippen molar-refractivity contribution in [2.75, 3.05) is 39.4 Å². The van der Waals surface area contributed by atoms with Crippen LogP contribution in [-0.2, 0) is 9.53 Å². The summed E-state index contributed by atoms with van der Waals surface area (Å²) in [7, 11) is 0. The quantitative estimate of drug-likeness (QED) is 0.835. The number of phenols is 1. The summed E-state index contributed by atoms with van der Waals surface area (Å²) in [5, 5.41) is 16.4. The van der Waals surface area contributed by atoms with Crippen LogP contribution in [0.5, 0.6) is 5.75 Å². The normalized spacial score (nSPS) is 20.2. The van der Waals surface area contributed by atoms with Gasteiger partial charge < -0.3 is 19.6 Å². The number of benzene rings is 1. The van der Waals surface area contributed by atoms with Crippen molar-refractivity contribution in [3.05, 3.63) is 36.0 Å². The number of rotatable bonds is 3. The van der Waals surface area contributed by atoms with Gasteiger partial charge in [-0.3, -0.25) is 14.7 Å². The van der Waals surface area contributed by atoms with Gasteiger partial charge in [0.25, 0.3) is 5.91 Å². The molecule has 0 spiro atoms. The maximum Gasteiger partial charge on any atom is 0.271 e. The number of aromatic hydroxyl groups is 1. The lowest BCUT2D eigenvalue weighted by atomic mass is 9.96. The van der Waals surface area contributed by atoms with Crippen molar-refractivity contribution < 1.29 is 19.4 Å². The molecule has 8 heteroatoms. The molecule has 2 saturated heterocycles. The maximum atomic E-state index is 12.9. The molecule has 8 nitrogen and oxygen atoms in total. The molecule has 2 aromatic rings. The van der Waals surface area contributed by atoms with E-state index in [-0.39, 0.29) is 23.5 Å². The van der Waals surface area contributed by atoms with E-state index < -0.39 is 0 Å². The van der Waals surface area contributed by atoms with Gasteiger partial charge in [0, 0.05) is 31.7 Å². The number of amides is 2. The average Bonchev–Trinajstić information content (AvgIpc) is 3.24. The zero-order valence-corrected chi connectivity index (χ0v) is 15.6. The number of H-pyrrole nitrogens is 1. The molecule has 2 aliphatic heterocycles. The first-order valence-corrected chi connectivity index (χ1v) is 9.62. The molecular weight excluding hydrogens is 360 g/mol. The number of phenolic OH excluding ortho intramolecular Hbond substituents is 1. The second kappa shape index (κ2) is 8.02. The van der Waals surface area contributed by atoms with Gasteiger partial charge in [-0.1, -0.05) is 0 Å². The van der Waals surface area contributed by atoms with E-state index in [1.165, 1.54) is 0 Å². The van der Waals surface area contributed by atoms with Crippen molar-refractivity contribution in [2.24, 2.45) is 5.92 Å². The van der Waals surface area contributed by atoms with Crippen LogP contribution in [0.3, 0.4) is 0 Å². The zero-order valence-electron chi connectivity index (χ0n) is 15.6. The minimum atomic E-state index is -0.157. The Morgan fingerprint density at radius 3 is 2.61 bits per heavy atom. The predicted molar refractivity (Wildman–Crippen MR) is 102 cm³/mol. The molecule has 2 N–H and O–H groups in total. The van der Waals surface area contributed by atoms with Crippen LogP contribution < -0.4 is 0 Å². The highest BCUT2D eigenvalue weighted by Gasteiger charge is 2.32. The standard InChI is InChI=1S/C20H24N4O4/c25-16-5-3-14(4-6-16)17-12-18(22-21-17)20(27)24-7-1-2-15(13-24)19(26)23-8-10-28-11-9-23/h3-6,12,15,25H,1-2,7-11,13H2,(H,21,22)/t15-/m1/s1. The van der Waals surface area contributed by atoms with Gasteiger partial charge in [0.15, 0.2) is 0 Å². The molecule has 2 aliphatic rings. The summed E-state index contributed by atoms with van der Waals surface area (Å²) in [6, 6.07) is 8.37. The molecule has 2 amide bonds. The lowest BCUT2D eigenvalue weighted by Gasteiger charge is -2.36. The highest BCUT2D eigenvalue weighted by Crippen LogP contribution is 2.24. The number of aromatic nitrogens is 2. The van der Waals surface area contributed by atoms with Gasteiger partial charge >= 0.3 is 0 Å². The number of carbonyl (C=O) groups excluding carboxylic acids is 2. The maximum absolute atomic E-state index is 12.9. The summed E-state index contributed by atoms with van der Waals surface area (Å²) in [5.74, 6) is 0.00219. The van der Waals surface area contributed by atoms with Crippen LogP contribution in [0.1, 0.15) is 23.3 Å². The van der Waals surface area contributed by atoms with E-state index in [0.29, 0.717) is 50.8 Å². The van der Waals surface area contributed by atoms with E-state index in [4.69, 9.17) is 4.74 Å². The molecule has 0 bridgehead atoms. The minimum absolute atomic E-state index is 0.121.